The number of amides is 1. The molecule has 28 heavy (non-hydrogen) atoms. The molecule has 0 aliphatic heterocycles. The average Bonchev–Trinajstić information content (AvgIpc) is 2.63. The van der Waals surface area contributed by atoms with Crippen LogP contribution in [0.25, 0.3) is 6.08 Å². The third-order valence-corrected chi connectivity index (χ3v) is 3.26. The number of rotatable bonds is 8. The Morgan fingerprint density at radius 3 is 2.43 bits per heavy atom. The Bertz CT molecular complexity index is 847. The fraction of sp³-hybridized carbons (Fsp3) is 0.158. The predicted molar refractivity (Wildman–Crippen MR) is 93.6 cm³/mol. The minimum atomic E-state index is -4.76. The van der Waals surface area contributed by atoms with Crippen LogP contribution in [0.5, 0.6) is 11.5 Å². The van der Waals surface area contributed by atoms with Gasteiger partial charge in [0.15, 0.2) is 0 Å². The van der Waals surface area contributed by atoms with Gasteiger partial charge in [0.25, 0.3) is 0 Å². The van der Waals surface area contributed by atoms with Gasteiger partial charge in [0, 0.05) is 6.08 Å². The first-order valence-electron chi connectivity index (χ1n) is 7.96. The van der Waals surface area contributed by atoms with Crippen LogP contribution in [-0.4, -0.2) is 29.9 Å². The summed E-state index contributed by atoms with van der Waals surface area (Å²) in [5.74, 6) is -1.52. The molecule has 1 amide bonds. The number of carbonyl (C=O) groups excluding carboxylic acids is 1. The second-order valence-corrected chi connectivity index (χ2v) is 5.50. The van der Waals surface area contributed by atoms with Gasteiger partial charge in [0.1, 0.15) is 24.7 Å². The van der Waals surface area contributed by atoms with Crippen LogP contribution in [0.2, 0.25) is 0 Å². The van der Waals surface area contributed by atoms with Crippen LogP contribution >= 0.6 is 0 Å². The van der Waals surface area contributed by atoms with E-state index in [1.807, 2.05) is 0 Å². The molecule has 2 rings (SSSR count). The van der Waals surface area contributed by atoms with E-state index in [4.69, 9.17) is 9.84 Å². The molecule has 2 N–H and O–H groups in total. The molecule has 2 aromatic carbocycles. The maximum absolute atomic E-state index is 12.2. The predicted octanol–water partition coefficient (Wildman–Crippen LogP) is 3.38. The van der Waals surface area contributed by atoms with Crippen molar-refractivity contribution in [3.8, 4) is 11.5 Å². The maximum Gasteiger partial charge on any atom is 0.573 e. The fourth-order valence-electron chi connectivity index (χ4n) is 2.07. The highest BCUT2D eigenvalue weighted by Crippen LogP contribution is 2.24. The van der Waals surface area contributed by atoms with Gasteiger partial charge in [0.2, 0.25) is 5.91 Å². The zero-order chi connectivity index (χ0) is 20.6. The lowest BCUT2D eigenvalue weighted by Gasteiger charge is -2.11. The highest BCUT2D eigenvalue weighted by Gasteiger charge is 2.31. The highest BCUT2D eigenvalue weighted by molar-refractivity contribution is 5.93. The molecule has 6 nitrogen and oxygen atoms in total. The summed E-state index contributed by atoms with van der Waals surface area (Å²) in [6.07, 6.45) is -2.06. The second-order valence-electron chi connectivity index (χ2n) is 5.50. The van der Waals surface area contributed by atoms with Gasteiger partial charge < -0.3 is 19.9 Å². The van der Waals surface area contributed by atoms with Crippen molar-refractivity contribution in [1.82, 2.24) is 5.32 Å². The van der Waals surface area contributed by atoms with E-state index in [9.17, 15) is 22.8 Å². The van der Waals surface area contributed by atoms with Crippen molar-refractivity contribution < 1.29 is 37.3 Å². The number of carboxylic acids is 1. The Morgan fingerprint density at radius 1 is 1.07 bits per heavy atom. The summed E-state index contributed by atoms with van der Waals surface area (Å²) in [6.45, 7) is -0.424. The first-order chi connectivity index (χ1) is 13.2. The van der Waals surface area contributed by atoms with Crippen LogP contribution in [0.1, 0.15) is 11.1 Å². The van der Waals surface area contributed by atoms with E-state index in [1.54, 1.807) is 30.3 Å². The van der Waals surface area contributed by atoms with E-state index >= 15 is 0 Å². The highest BCUT2D eigenvalue weighted by atomic mass is 19.4. The van der Waals surface area contributed by atoms with E-state index in [2.05, 4.69) is 10.1 Å². The van der Waals surface area contributed by atoms with E-state index in [-0.39, 0.29) is 12.4 Å². The SMILES string of the molecule is O=C(O)CNC(=O)C=Cc1ccc(OCc2cccc(OC(F)(F)F)c2)cc1. The zero-order valence-corrected chi connectivity index (χ0v) is 14.4. The number of benzene rings is 2. The van der Waals surface area contributed by atoms with Gasteiger partial charge in [-0.05, 0) is 41.5 Å². The molecule has 0 saturated carbocycles. The minimum absolute atomic E-state index is 0.0435. The summed E-state index contributed by atoms with van der Waals surface area (Å²) in [4.78, 5) is 21.7. The van der Waals surface area contributed by atoms with E-state index in [0.29, 0.717) is 16.9 Å². The fourth-order valence-corrected chi connectivity index (χ4v) is 2.07. The van der Waals surface area contributed by atoms with Gasteiger partial charge in [-0.3, -0.25) is 9.59 Å². The van der Waals surface area contributed by atoms with Crippen LogP contribution in [0.3, 0.4) is 0 Å². The van der Waals surface area contributed by atoms with Gasteiger partial charge in [-0.1, -0.05) is 24.3 Å². The Labute approximate surface area is 158 Å². The quantitative estimate of drug-likeness (QED) is 0.670. The standard InChI is InChI=1S/C19H16F3NO5/c20-19(21,22)28-16-3-1-2-14(10-16)12-27-15-7-4-13(5-8-15)6-9-17(24)23-11-18(25)26/h1-10H,11-12H2,(H,23,24)(H,25,26). The van der Waals surface area contributed by atoms with Crippen molar-refractivity contribution in [3.05, 3.63) is 65.7 Å². The third kappa shape index (κ3) is 7.81. The molecule has 0 fully saturated rings. The molecular formula is C19H16F3NO5. The van der Waals surface area contributed by atoms with Crippen LogP contribution in [0.4, 0.5) is 13.2 Å². The molecule has 0 spiro atoms. The Morgan fingerprint density at radius 2 is 1.79 bits per heavy atom. The minimum Gasteiger partial charge on any atom is -0.489 e. The lowest BCUT2D eigenvalue weighted by molar-refractivity contribution is -0.274. The molecule has 0 saturated heterocycles. The summed E-state index contributed by atoms with van der Waals surface area (Å²) in [5.41, 5.74) is 1.18. The van der Waals surface area contributed by atoms with Gasteiger partial charge in [-0.15, -0.1) is 13.2 Å². The topological polar surface area (TPSA) is 84.9 Å². The van der Waals surface area contributed by atoms with Crippen LogP contribution in [0, 0.1) is 0 Å². The van der Waals surface area contributed by atoms with E-state index < -0.39 is 24.8 Å². The van der Waals surface area contributed by atoms with E-state index in [0.717, 1.165) is 0 Å². The molecule has 0 unspecified atom stereocenters. The molecule has 9 heteroatoms. The first-order valence-corrected chi connectivity index (χ1v) is 7.96. The normalized spacial score (nSPS) is 11.2. The van der Waals surface area contributed by atoms with Gasteiger partial charge >= 0.3 is 12.3 Å². The maximum atomic E-state index is 12.2. The number of alkyl halides is 3. The van der Waals surface area contributed by atoms with Crippen molar-refractivity contribution in [2.24, 2.45) is 0 Å². The summed E-state index contributed by atoms with van der Waals surface area (Å²) >= 11 is 0. The molecule has 0 heterocycles. The van der Waals surface area contributed by atoms with Crippen molar-refractivity contribution in [2.75, 3.05) is 6.54 Å². The zero-order valence-electron chi connectivity index (χ0n) is 14.4. The number of hydrogen-bond acceptors (Lipinski definition) is 4. The summed E-state index contributed by atoms with van der Waals surface area (Å²) in [5, 5.41) is 10.7. The van der Waals surface area contributed by atoms with Gasteiger partial charge in [-0.25, -0.2) is 0 Å². The third-order valence-electron chi connectivity index (χ3n) is 3.26. The Kier molecular flexibility index (Phi) is 7.02. The molecule has 2 aromatic rings. The largest absolute Gasteiger partial charge is 0.573 e. The van der Waals surface area contributed by atoms with Gasteiger partial charge in [0.05, 0.1) is 0 Å². The lowest BCUT2D eigenvalue weighted by Crippen LogP contribution is -2.27. The molecular weight excluding hydrogens is 379 g/mol. The summed E-state index contributed by atoms with van der Waals surface area (Å²) in [7, 11) is 0. The van der Waals surface area contributed by atoms with E-state index in [1.165, 1.54) is 30.4 Å². The molecule has 0 aliphatic carbocycles. The van der Waals surface area contributed by atoms with Crippen LogP contribution < -0.4 is 14.8 Å². The average molecular weight is 395 g/mol. The number of carbonyl (C=O) groups is 2. The Balaban J connectivity index is 1.88. The van der Waals surface area contributed by atoms with Crippen molar-refractivity contribution in [1.29, 1.82) is 0 Å². The van der Waals surface area contributed by atoms with Crippen molar-refractivity contribution in [2.45, 2.75) is 13.0 Å². The summed E-state index contributed by atoms with van der Waals surface area (Å²) < 4.78 is 46.1. The Hall–Kier alpha value is -3.49. The second kappa shape index (κ2) is 9.45. The monoisotopic (exact) mass is 395 g/mol. The first kappa shape index (κ1) is 20.8. The molecule has 0 bridgehead atoms. The number of nitrogens with one attached hydrogen (secondary N) is 1. The van der Waals surface area contributed by atoms with Crippen molar-refractivity contribution in [3.63, 3.8) is 0 Å². The number of hydrogen-bond donors (Lipinski definition) is 2. The molecule has 0 aromatic heterocycles. The molecule has 0 atom stereocenters. The number of ether oxygens (including phenoxy) is 2. The molecule has 148 valence electrons. The molecule has 0 radical (unpaired) electrons. The molecule has 0 aliphatic rings. The van der Waals surface area contributed by atoms with Crippen LogP contribution in [0.15, 0.2) is 54.6 Å². The summed E-state index contributed by atoms with van der Waals surface area (Å²) in [6, 6.07) is 12.1. The van der Waals surface area contributed by atoms with Crippen molar-refractivity contribution >= 4 is 18.0 Å². The van der Waals surface area contributed by atoms with Crippen LogP contribution in [-0.2, 0) is 16.2 Å². The smallest absolute Gasteiger partial charge is 0.489 e. The number of carboxylic acid groups (broad SMARTS) is 1. The number of halogens is 3. The number of aliphatic carboxylic acids is 1. The lowest BCUT2D eigenvalue weighted by atomic mass is 10.2. The van der Waals surface area contributed by atoms with Gasteiger partial charge in [-0.2, -0.15) is 0 Å².